The lowest BCUT2D eigenvalue weighted by atomic mass is 9.78. The summed E-state index contributed by atoms with van der Waals surface area (Å²) in [5.74, 6) is 0.729. The van der Waals surface area contributed by atoms with E-state index in [1.54, 1.807) is 43.6 Å². The standard InChI is InChI=1S/C37H42ClN5O6S/c1-5-40-18-20-41(21-19-40)25-26-7-14-33(48-4)31(23-26)37(42-17-6-15-36(42,2)34-39-16-22-49-34)30-24-27(38)8-13-32(30)43(35(37)44)50(45,46)29-11-9-28(47-3)10-12-29/h7-14,16,22-24H,5-6,15,17-21,25H2,1-4H3/t36-,37?/m0/s1. The number of likely N-dealkylation sites (tertiary alicyclic amines) is 1. The number of aromatic nitrogens is 1. The van der Waals surface area contributed by atoms with Gasteiger partial charge in [-0.25, -0.2) is 17.7 Å². The van der Waals surface area contributed by atoms with Crippen molar-refractivity contribution in [1.29, 1.82) is 0 Å². The Hall–Kier alpha value is -3.94. The van der Waals surface area contributed by atoms with E-state index < -0.39 is 27.0 Å². The number of carbonyl (C=O) groups excluding carboxylic acids is 1. The molecule has 11 nitrogen and oxygen atoms in total. The Morgan fingerprint density at radius 3 is 2.32 bits per heavy atom. The highest BCUT2D eigenvalue weighted by Gasteiger charge is 2.65. The third-order valence-electron chi connectivity index (χ3n) is 10.6. The maximum Gasteiger partial charge on any atom is 0.271 e. The van der Waals surface area contributed by atoms with Gasteiger partial charge in [0, 0.05) is 55.4 Å². The second-order valence-electron chi connectivity index (χ2n) is 13.2. The Kier molecular flexibility index (Phi) is 9.19. The highest BCUT2D eigenvalue weighted by atomic mass is 35.5. The number of amides is 1. The molecule has 264 valence electrons. The van der Waals surface area contributed by atoms with Crippen LogP contribution >= 0.6 is 11.6 Å². The maximum absolute atomic E-state index is 15.7. The van der Waals surface area contributed by atoms with Crippen molar-refractivity contribution in [1.82, 2.24) is 19.7 Å². The number of anilines is 1. The van der Waals surface area contributed by atoms with Gasteiger partial charge in [0.25, 0.3) is 15.9 Å². The van der Waals surface area contributed by atoms with Crippen LogP contribution < -0.4 is 13.8 Å². The number of carbonyl (C=O) groups is 1. The number of halogens is 1. The fourth-order valence-corrected chi connectivity index (χ4v) is 9.61. The minimum Gasteiger partial charge on any atom is -0.497 e. The summed E-state index contributed by atoms with van der Waals surface area (Å²) in [6.07, 6.45) is 4.43. The predicted octanol–water partition coefficient (Wildman–Crippen LogP) is 5.47. The number of nitrogens with zero attached hydrogens (tertiary/aromatic N) is 5. The lowest BCUT2D eigenvalue weighted by Gasteiger charge is -2.46. The van der Waals surface area contributed by atoms with E-state index in [0.717, 1.165) is 42.6 Å². The van der Waals surface area contributed by atoms with Crippen molar-refractivity contribution in [2.75, 3.05) is 57.8 Å². The van der Waals surface area contributed by atoms with E-state index in [1.165, 1.54) is 25.5 Å². The number of sulfonamides is 1. The molecular formula is C37H42ClN5O6S. The maximum atomic E-state index is 15.7. The first kappa shape index (κ1) is 34.5. The highest BCUT2D eigenvalue weighted by molar-refractivity contribution is 7.93. The van der Waals surface area contributed by atoms with Crippen molar-refractivity contribution in [3.63, 3.8) is 0 Å². The fourth-order valence-electron chi connectivity index (χ4n) is 7.98. The summed E-state index contributed by atoms with van der Waals surface area (Å²) in [4.78, 5) is 27.1. The molecule has 0 N–H and O–H groups in total. The van der Waals surface area contributed by atoms with Gasteiger partial charge >= 0.3 is 0 Å². The van der Waals surface area contributed by atoms with Crippen LogP contribution in [0.2, 0.25) is 5.02 Å². The molecule has 13 heteroatoms. The molecule has 2 atom stereocenters. The molecule has 0 spiro atoms. The zero-order valence-electron chi connectivity index (χ0n) is 28.8. The predicted molar refractivity (Wildman–Crippen MR) is 190 cm³/mol. The number of hydrogen-bond acceptors (Lipinski definition) is 10. The van der Waals surface area contributed by atoms with Crippen LogP contribution in [-0.2, 0) is 32.4 Å². The van der Waals surface area contributed by atoms with Gasteiger partial charge in [0.2, 0.25) is 5.89 Å². The number of methoxy groups -OCH3 is 2. The molecule has 1 aromatic heterocycles. The summed E-state index contributed by atoms with van der Waals surface area (Å²) in [6, 6.07) is 16.9. The molecule has 4 aromatic rings. The van der Waals surface area contributed by atoms with Crippen molar-refractivity contribution >= 4 is 33.2 Å². The number of likely N-dealkylation sites (N-methyl/N-ethyl adjacent to an activating group) is 1. The average Bonchev–Trinajstić information content (AvgIpc) is 3.87. The van der Waals surface area contributed by atoms with Gasteiger partial charge in [0.1, 0.15) is 17.8 Å². The van der Waals surface area contributed by atoms with E-state index >= 15 is 4.79 Å². The SMILES string of the molecule is CCN1CCN(Cc2ccc(OC)c(C3(N4CCC[C@@]4(C)c4ncco4)C(=O)N(S(=O)(=O)c4ccc(OC)cc4)c4ccc(Cl)cc43)c2)CC1. The Bertz CT molecular complexity index is 1980. The van der Waals surface area contributed by atoms with Crippen LogP contribution in [0.25, 0.3) is 0 Å². The number of benzene rings is 3. The smallest absolute Gasteiger partial charge is 0.271 e. The van der Waals surface area contributed by atoms with Gasteiger partial charge in [-0.3, -0.25) is 14.6 Å². The van der Waals surface area contributed by atoms with E-state index in [1.807, 2.05) is 25.1 Å². The summed E-state index contributed by atoms with van der Waals surface area (Å²) >= 11 is 6.75. The summed E-state index contributed by atoms with van der Waals surface area (Å²) in [5.41, 5.74) is -0.406. The molecule has 2 fully saturated rings. The third-order valence-corrected chi connectivity index (χ3v) is 12.5. The summed E-state index contributed by atoms with van der Waals surface area (Å²) in [7, 11) is -1.36. The topological polar surface area (TPSA) is 109 Å². The van der Waals surface area contributed by atoms with E-state index in [9.17, 15) is 8.42 Å². The molecule has 1 unspecified atom stereocenters. The molecule has 3 aliphatic rings. The quantitative estimate of drug-likeness (QED) is 0.209. The van der Waals surface area contributed by atoms with Crippen LogP contribution in [0.15, 0.2) is 82.4 Å². The van der Waals surface area contributed by atoms with Crippen LogP contribution in [0, 0.1) is 0 Å². The lowest BCUT2D eigenvalue weighted by molar-refractivity contribution is -0.130. The van der Waals surface area contributed by atoms with E-state index in [2.05, 4.69) is 26.6 Å². The minimum absolute atomic E-state index is 0.0489. The van der Waals surface area contributed by atoms with E-state index in [0.29, 0.717) is 59.5 Å². The van der Waals surface area contributed by atoms with Crippen molar-refractivity contribution in [2.24, 2.45) is 0 Å². The van der Waals surface area contributed by atoms with Crippen molar-refractivity contribution in [2.45, 2.75) is 49.2 Å². The molecule has 0 bridgehead atoms. The van der Waals surface area contributed by atoms with Crippen LogP contribution in [0.5, 0.6) is 11.5 Å². The third kappa shape index (κ3) is 5.48. The van der Waals surface area contributed by atoms with E-state index in [-0.39, 0.29) is 10.6 Å². The Morgan fingerprint density at radius 1 is 0.920 bits per heavy atom. The summed E-state index contributed by atoms with van der Waals surface area (Å²) in [6.45, 7) is 10.1. The molecule has 4 heterocycles. The second-order valence-corrected chi connectivity index (χ2v) is 15.5. The van der Waals surface area contributed by atoms with Gasteiger partial charge in [0.05, 0.1) is 36.5 Å². The number of rotatable bonds is 10. The van der Waals surface area contributed by atoms with Crippen LogP contribution in [0.3, 0.4) is 0 Å². The molecule has 0 saturated carbocycles. The van der Waals surface area contributed by atoms with Crippen LogP contribution in [0.4, 0.5) is 5.69 Å². The van der Waals surface area contributed by atoms with Gasteiger partial charge in [-0.15, -0.1) is 0 Å². The number of hydrogen-bond donors (Lipinski definition) is 0. The molecule has 50 heavy (non-hydrogen) atoms. The van der Waals surface area contributed by atoms with Crippen molar-refractivity contribution < 1.29 is 27.1 Å². The number of fused-ring (bicyclic) bond motifs is 1. The molecule has 1 amide bonds. The van der Waals surface area contributed by atoms with Gasteiger partial charge < -0.3 is 18.8 Å². The monoisotopic (exact) mass is 719 g/mol. The van der Waals surface area contributed by atoms with Gasteiger partial charge in [-0.05, 0) is 86.5 Å². The molecule has 3 aromatic carbocycles. The molecule has 7 rings (SSSR count). The molecule has 0 radical (unpaired) electrons. The Balaban J connectivity index is 1.47. The van der Waals surface area contributed by atoms with Crippen LogP contribution in [0.1, 0.15) is 49.3 Å². The number of ether oxygens (including phenoxy) is 2. The first-order chi connectivity index (χ1) is 24.1. The van der Waals surface area contributed by atoms with E-state index in [4.69, 9.17) is 25.5 Å². The molecule has 3 aliphatic heterocycles. The largest absolute Gasteiger partial charge is 0.497 e. The average molecular weight is 720 g/mol. The van der Waals surface area contributed by atoms with Crippen molar-refractivity contribution in [3.8, 4) is 11.5 Å². The lowest BCUT2D eigenvalue weighted by Crippen LogP contribution is -2.59. The molecule has 2 saturated heterocycles. The fraction of sp³-hybridized carbons (Fsp3) is 0.405. The summed E-state index contributed by atoms with van der Waals surface area (Å²) < 4.78 is 47.6. The molecular weight excluding hydrogens is 678 g/mol. The first-order valence-electron chi connectivity index (χ1n) is 16.9. The number of oxazole rings is 1. The van der Waals surface area contributed by atoms with Crippen LogP contribution in [-0.4, -0.2) is 87.5 Å². The Morgan fingerprint density at radius 2 is 1.66 bits per heavy atom. The second kappa shape index (κ2) is 13.3. The van der Waals surface area contributed by atoms with Gasteiger partial charge in [-0.1, -0.05) is 24.6 Å². The molecule has 0 aliphatic carbocycles. The zero-order valence-corrected chi connectivity index (χ0v) is 30.3. The number of piperazine rings is 1. The minimum atomic E-state index is -4.43. The zero-order chi connectivity index (χ0) is 35.3. The van der Waals surface area contributed by atoms with Crippen molar-refractivity contribution in [3.05, 3.63) is 101 Å². The Labute approximate surface area is 298 Å². The summed E-state index contributed by atoms with van der Waals surface area (Å²) in [5, 5.41) is 0.366. The highest BCUT2D eigenvalue weighted by Crippen LogP contribution is 2.58. The van der Waals surface area contributed by atoms with Gasteiger partial charge in [-0.2, -0.15) is 0 Å². The van der Waals surface area contributed by atoms with Gasteiger partial charge in [0.15, 0.2) is 5.54 Å². The first-order valence-corrected chi connectivity index (χ1v) is 18.7. The normalized spacial score (nSPS) is 23.4.